The van der Waals surface area contributed by atoms with E-state index >= 15 is 0 Å². The highest BCUT2D eigenvalue weighted by Gasteiger charge is 2.27. The van der Waals surface area contributed by atoms with Crippen molar-refractivity contribution in [3.8, 4) is 28.2 Å². The number of hydrogen-bond donors (Lipinski definition) is 1. The van der Waals surface area contributed by atoms with Gasteiger partial charge < -0.3 is 10.6 Å². The summed E-state index contributed by atoms with van der Waals surface area (Å²) >= 11 is 12.7. The SMILES string of the molecule is Nc1ncc(-c2ccc(CN3CCCC3CN3CCCC3)cc2)cc1-c1nnnn1-c1cccc(Cl)c1Cl. The molecular weight excluding hydrogens is 519 g/mol. The molecule has 4 aromatic rings. The minimum atomic E-state index is 0.331. The fraction of sp³-hybridized carbons (Fsp3) is 0.357. The van der Waals surface area contributed by atoms with Gasteiger partial charge in [-0.05, 0) is 85.1 Å². The van der Waals surface area contributed by atoms with Crippen LogP contribution in [0.15, 0.2) is 54.7 Å². The molecule has 1 atom stereocenters. The lowest BCUT2D eigenvalue weighted by atomic mass is 10.0. The van der Waals surface area contributed by atoms with Crippen LogP contribution in [0.4, 0.5) is 5.82 Å². The van der Waals surface area contributed by atoms with Gasteiger partial charge in [-0.25, -0.2) is 4.98 Å². The van der Waals surface area contributed by atoms with Crippen LogP contribution >= 0.6 is 23.2 Å². The Balaban J connectivity index is 1.22. The molecule has 2 aromatic carbocycles. The summed E-state index contributed by atoms with van der Waals surface area (Å²) in [5, 5.41) is 13.0. The number of rotatable bonds is 7. The molecule has 2 aliphatic rings. The number of nitrogens with zero attached hydrogens (tertiary/aromatic N) is 7. The Morgan fingerprint density at radius 1 is 0.947 bits per heavy atom. The molecular formula is C28H30Cl2N8. The van der Waals surface area contributed by atoms with Crippen LogP contribution in [0.25, 0.3) is 28.2 Å². The molecule has 4 heterocycles. The standard InChI is InChI=1S/C28H30Cl2N8/c29-24-6-3-7-25(26(24)30)38-28(33-34-35-38)23-15-21(16-32-27(23)31)20-10-8-19(9-11-20)17-37-14-4-5-22(37)18-36-12-1-2-13-36/h3,6-11,15-16,22H,1-2,4-5,12-14,17-18H2,(H2,31,32). The zero-order valence-corrected chi connectivity index (χ0v) is 22.6. The summed E-state index contributed by atoms with van der Waals surface area (Å²) in [6.07, 6.45) is 7.06. The monoisotopic (exact) mass is 548 g/mol. The molecule has 0 spiro atoms. The van der Waals surface area contributed by atoms with E-state index in [-0.39, 0.29) is 0 Å². The highest BCUT2D eigenvalue weighted by molar-refractivity contribution is 6.43. The van der Waals surface area contributed by atoms with Gasteiger partial charge >= 0.3 is 0 Å². The average molecular weight is 550 g/mol. The maximum Gasteiger partial charge on any atom is 0.190 e. The number of tetrazole rings is 1. The van der Waals surface area contributed by atoms with E-state index in [1.165, 1.54) is 62.1 Å². The van der Waals surface area contributed by atoms with Gasteiger partial charge in [0, 0.05) is 30.9 Å². The van der Waals surface area contributed by atoms with Crippen molar-refractivity contribution in [2.45, 2.75) is 38.3 Å². The van der Waals surface area contributed by atoms with E-state index in [0.29, 0.717) is 39.0 Å². The van der Waals surface area contributed by atoms with Gasteiger partial charge in [-0.3, -0.25) is 4.90 Å². The average Bonchev–Trinajstić information content (AvgIpc) is 3.70. The van der Waals surface area contributed by atoms with E-state index in [2.05, 4.69) is 54.6 Å². The summed E-state index contributed by atoms with van der Waals surface area (Å²) in [5.74, 6) is 0.772. The first-order valence-corrected chi connectivity index (χ1v) is 13.9. The molecule has 0 aliphatic carbocycles. The normalized spacial score (nSPS) is 18.4. The fourth-order valence-corrected chi connectivity index (χ4v) is 5.97. The minimum Gasteiger partial charge on any atom is -0.383 e. The quantitative estimate of drug-likeness (QED) is 0.333. The lowest BCUT2D eigenvalue weighted by Crippen LogP contribution is -2.38. The van der Waals surface area contributed by atoms with Crippen molar-refractivity contribution in [3.05, 3.63) is 70.3 Å². The van der Waals surface area contributed by atoms with E-state index < -0.39 is 0 Å². The first kappa shape index (κ1) is 25.2. The topological polar surface area (TPSA) is 89.0 Å². The van der Waals surface area contributed by atoms with Gasteiger partial charge in [-0.2, -0.15) is 4.68 Å². The van der Waals surface area contributed by atoms with Crippen LogP contribution in [0.5, 0.6) is 0 Å². The highest BCUT2D eigenvalue weighted by atomic mass is 35.5. The van der Waals surface area contributed by atoms with Gasteiger partial charge in [0.05, 0.1) is 21.3 Å². The number of aromatic nitrogens is 5. The molecule has 8 nitrogen and oxygen atoms in total. The smallest absolute Gasteiger partial charge is 0.190 e. The van der Waals surface area contributed by atoms with Gasteiger partial charge in [0.2, 0.25) is 0 Å². The van der Waals surface area contributed by atoms with Crippen molar-refractivity contribution in [2.24, 2.45) is 0 Å². The van der Waals surface area contributed by atoms with Gasteiger partial charge in [0.25, 0.3) is 0 Å². The summed E-state index contributed by atoms with van der Waals surface area (Å²) in [7, 11) is 0. The van der Waals surface area contributed by atoms with Crippen LogP contribution < -0.4 is 5.73 Å². The van der Waals surface area contributed by atoms with Crippen molar-refractivity contribution in [1.82, 2.24) is 35.0 Å². The first-order chi connectivity index (χ1) is 18.6. The second kappa shape index (κ2) is 11.0. The Labute approximate surface area is 232 Å². The van der Waals surface area contributed by atoms with Crippen LogP contribution in [-0.4, -0.2) is 67.2 Å². The Morgan fingerprint density at radius 3 is 2.58 bits per heavy atom. The number of nitrogen functional groups attached to an aromatic ring is 1. The molecule has 2 fully saturated rings. The van der Waals surface area contributed by atoms with Gasteiger partial charge in [0.1, 0.15) is 5.82 Å². The molecule has 196 valence electrons. The summed E-state index contributed by atoms with van der Waals surface area (Å²) in [5.41, 5.74) is 10.8. The molecule has 0 radical (unpaired) electrons. The molecule has 0 bridgehead atoms. The molecule has 0 saturated carbocycles. The van der Waals surface area contributed by atoms with Crippen molar-refractivity contribution >= 4 is 29.0 Å². The zero-order valence-electron chi connectivity index (χ0n) is 21.1. The van der Waals surface area contributed by atoms with E-state index in [1.807, 2.05) is 6.07 Å². The first-order valence-electron chi connectivity index (χ1n) is 13.1. The summed E-state index contributed by atoms with van der Waals surface area (Å²) in [4.78, 5) is 9.73. The Bertz CT molecular complexity index is 1410. The number of pyridine rings is 1. The van der Waals surface area contributed by atoms with Gasteiger partial charge in [0.15, 0.2) is 5.82 Å². The largest absolute Gasteiger partial charge is 0.383 e. The van der Waals surface area contributed by atoms with E-state index in [0.717, 1.165) is 17.7 Å². The second-order valence-corrected chi connectivity index (χ2v) is 10.9. The van der Waals surface area contributed by atoms with Crippen LogP contribution in [0, 0.1) is 0 Å². The number of nitrogens with two attached hydrogens (primary N) is 1. The van der Waals surface area contributed by atoms with E-state index in [9.17, 15) is 0 Å². The van der Waals surface area contributed by atoms with Crippen LogP contribution in [0.2, 0.25) is 10.0 Å². The number of likely N-dealkylation sites (tertiary alicyclic amines) is 2. The number of anilines is 1. The summed E-state index contributed by atoms with van der Waals surface area (Å²) < 4.78 is 1.53. The molecule has 10 heteroatoms. The Kier molecular flexibility index (Phi) is 7.30. The second-order valence-electron chi connectivity index (χ2n) is 10.1. The zero-order chi connectivity index (χ0) is 26.1. The molecule has 1 unspecified atom stereocenters. The number of hydrogen-bond acceptors (Lipinski definition) is 7. The van der Waals surface area contributed by atoms with Crippen LogP contribution in [-0.2, 0) is 6.54 Å². The molecule has 2 N–H and O–H groups in total. The molecule has 0 amide bonds. The third-order valence-corrected chi connectivity index (χ3v) is 8.44. The molecule has 38 heavy (non-hydrogen) atoms. The maximum absolute atomic E-state index is 6.44. The van der Waals surface area contributed by atoms with Gasteiger partial charge in [-0.1, -0.05) is 53.5 Å². The third kappa shape index (κ3) is 5.14. The maximum atomic E-state index is 6.44. The predicted molar refractivity (Wildman–Crippen MR) is 151 cm³/mol. The molecule has 2 aliphatic heterocycles. The summed E-state index contributed by atoms with van der Waals surface area (Å²) in [6.45, 7) is 5.89. The third-order valence-electron chi connectivity index (χ3n) is 7.63. The molecule has 6 rings (SSSR count). The van der Waals surface area contributed by atoms with Crippen molar-refractivity contribution in [3.63, 3.8) is 0 Å². The lowest BCUT2D eigenvalue weighted by Gasteiger charge is -2.28. The van der Waals surface area contributed by atoms with Crippen LogP contribution in [0.1, 0.15) is 31.2 Å². The lowest BCUT2D eigenvalue weighted by molar-refractivity contribution is 0.185. The Morgan fingerprint density at radius 2 is 1.76 bits per heavy atom. The minimum absolute atomic E-state index is 0.331. The van der Waals surface area contributed by atoms with E-state index in [4.69, 9.17) is 28.9 Å². The fourth-order valence-electron chi connectivity index (χ4n) is 5.60. The highest BCUT2D eigenvalue weighted by Crippen LogP contribution is 2.33. The predicted octanol–water partition coefficient (Wildman–Crippen LogP) is 5.34. The van der Waals surface area contributed by atoms with E-state index in [1.54, 1.807) is 24.4 Å². The molecule has 2 aromatic heterocycles. The van der Waals surface area contributed by atoms with Crippen molar-refractivity contribution in [2.75, 3.05) is 31.9 Å². The van der Waals surface area contributed by atoms with Gasteiger partial charge in [-0.15, -0.1) is 5.10 Å². The number of benzene rings is 2. The number of halogens is 2. The van der Waals surface area contributed by atoms with Crippen molar-refractivity contribution in [1.29, 1.82) is 0 Å². The Hall–Kier alpha value is -3.04. The van der Waals surface area contributed by atoms with Crippen LogP contribution in [0.3, 0.4) is 0 Å². The molecule has 2 saturated heterocycles. The van der Waals surface area contributed by atoms with Crippen molar-refractivity contribution < 1.29 is 0 Å². The summed E-state index contributed by atoms with van der Waals surface area (Å²) in [6, 6.07) is 16.7.